The summed E-state index contributed by atoms with van der Waals surface area (Å²) in [5, 5.41) is 8.68. The highest BCUT2D eigenvalue weighted by atomic mass is 19.1. The predicted octanol–water partition coefficient (Wildman–Crippen LogP) is 1.15. The van der Waals surface area contributed by atoms with Gasteiger partial charge in [0.2, 0.25) is 0 Å². The summed E-state index contributed by atoms with van der Waals surface area (Å²) in [6.07, 6.45) is 4.06. The number of hydrogen-bond donors (Lipinski definition) is 1. The van der Waals surface area contributed by atoms with E-state index in [1.807, 2.05) is 4.90 Å². The maximum Gasteiger partial charge on any atom is 0.143 e. The maximum atomic E-state index is 12.3. The Kier molecular flexibility index (Phi) is 3.80. The lowest BCUT2D eigenvalue weighted by Crippen LogP contribution is -2.39. The van der Waals surface area contributed by atoms with Crippen molar-refractivity contribution in [1.29, 1.82) is 0 Å². The number of nitrogens with zero attached hydrogens (tertiary/aromatic N) is 1. The van der Waals surface area contributed by atoms with Crippen LogP contribution in [0.4, 0.5) is 4.39 Å². The van der Waals surface area contributed by atoms with Crippen molar-refractivity contribution in [3.05, 3.63) is 0 Å². The van der Waals surface area contributed by atoms with Gasteiger partial charge in [-0.25, -0.2) is 4.39 Å². The van der Waals surface area contributed by atoms with Crippen LogP contribution in [0.3, 0.4) is 0 Å². The van der Waals surface area contributed by atoms with Gasteiger partial charge in [-0.1, -0.05) is 6.42 Å². The molecule has 0 aromatic heterocycles. The molecule has 0 saturated carbocycles. The molecule has 0 unspecified atom stereocenters. The molecule has 1 rings (SSSR count). The topological polar surface area (TPSA) is 23.5 Å². The molecule has 1 aliphatic rings. The van der Waals surface area contributed by atoms with Gasteiger partial charge in [-0.05, 0) is 19.3 Å². The second-order valence-electron chi connectivity index (χ2n) is 3.09. The molecule has 0 aromatic carbocycles. The van der Waals surface area contributed by atoms with Crippen molar-refractivity contribution in [3.8, 4) is 0 Å². The Labute approximate surface area is 67.0 Å². The van der Waals surface area contributed by atoms with Crippen molar-refractivity contribution < 1.29 is 9.50 Å². The zero-order chi connectivity index (χ0) is 8.10. The summed E-state index contributed by atoms with van der Waals surface area (Å²) in [6.45, 7) is 0.688. The molecule has 11 heavy (non-hydrogen) atoms. The summed E-state index contributed by atoms with van der Waals surface area (Å²) in [7, 11) is 0. The number of hydrogen-bond acceptors (Lipinski definition) is 2. The average molecular weight is 161 g/mol. The van der Waals surface area contributed by atoms with Gasteiger partial charge < -0.3 is 5.11 Å². The van der Waals surface area contributed by atoms with E-state index in [0.717, 1.165) is 25.8 Å². The number of piperidine rings is 1. The quantitative estimate of drug-likeness (QED) is 0.628. The predicted molar refractivity (Wildman–Crippen MR) is 42.0 cm³/mol. The molecule has 0 amide bonds. The van der Waals surface area contributed by atoms with Crippen LogP contribution in [0.2, 0.25) is 0 Å². The Balaban J connectivity index is 2.31. The van der Waals surface area contributed by atoms with Crippen molar-refractivity contribution in [2.24, 2.45) is 0 Å². The Morgan fingerprint density at radius 3 is 2.91 bits per heavy atom. The summed E-state index contributed by atoms with van der Waals surface area (Å²) in [5.41, 5.74) is 0. The highest BCUT2D eigenvalue weighted by Crippen LogP contribution is 2.18. The Morgan fingerprint density at radius 2 is 2.27 bits per heavy atom. The maximum absolute atomic E-state index is 12.3. The second kappa shape index (κ2) is 4.67. The number of aliphatic hydroxyl groups excluding tert-OH is 1. The van der Waals surface area contributed by atoms with E-state index in [0.29, 0.717) is 6.04 Å². The first-order chi connectivity index (χ1) is 5.38. The summed E-state index contributed by atoms with van der Waals surface area (Å²) in [4.78, 5) is 1.82. The Hall–Kier alpha value is -0.150. The van der Waals surface area contributed by atoms with Crippen LogP contribution in [0.5, 0.6) is 0 Å². The van der Waals surface area contributed by atoms with Crippen LogP contribution in [0, 0.1) is 0 Å². The standard InChI is InChI=1S/C8H16FNO/c9-7-10-5-2-1-3-8(10)4-6-11/h8,11H,1-7H2/t8-/m1/s1. The molecule has 1 heterocycles. The van der Waals surface area contributed by atoms with E-state index in [1.165, 1.54) is 6.42 Å². The molecule has 2 nitrogen and oxygen atoms in total. The zero-order valence-electron chi connectivity index (χ0n) is 6.80. The van der Waals surface area contributed by atoms with Crippen LogP contribution in [-0.4, -0.2) is 36.0 Å². The van der Waals surface area contributed by atoms with E-state index in [1.54, 1.807) is 0 Å². The molecule has 0 aromatic rings. The minimum absolute atomic E-state index is 0.182. The third kappa shape index (κ3) is 2.42. The SMILES string of the molecule is OCC[C@H]1CCCCN1CF. The van der Waals surface area contributed by atoms with E-state index in [2.05, 4.69) is 0 Å². The van der Waals surface area contributed by atoms with E-state index in [9.17, 15) is 4.39 Å². The van der Waals surface area contributed by atoms with Crippen molar-refractivity contribution in [2.75, 3.05) is 20.0 Å². The van der Waals surface area contributed by atoms with E-state index in [4.69, 9.17) is 5.11 Å². The molecule has 1 atom stereocenters. The highest BCUT2D eigenvalue weighted by Gasteiger charge is 2.20. The van der Waals surface area contributed by atoms with Crippen molar-refractivity contribution in [1.82, 2.24) is 4.90 Å². The first-order valence-corrected chi connectivity index (χ1v) is 4.29. The minimum atomic E-state index is -0.356. The fraction of sp³-hybridized carbons (Fsp3) is 1.00. The van der Waals surface area contributed by atoms with Crippen LogP contribution in [0.25, 0.3) is 0 Å². The van der Waals surface area contributed by atoms with Crippen LogP contribution >= 0.6 is 0 Å². The van der Waals surface area contributed by atoms with Crippen molar-refractivity contribution in [2.45, 2.75) is 31.7 Å². The van der Waals surface area contributed by atoms with Crippen molar-refractivity contribution >= 4 is 0 Å². The molecule has 3 heteroatoms. The van der Waals surface area contributed by atoms with Gasteiger partial charge in [-0.3, -0.25) is 4.90 Å². The van der Waals surface area contributed by atoms with Crippen LogP contribution in [0.15, 0.2) is 0 Å². The lowest BCUT2D eigenvalue weighted by molar-refractivity contribution is 0.0767. The van der Waals surface area contributed by atoms with Gasteiger partial charge in [0.05, 0.1) is 0 Å². The lowest BCUT2D eigenvalue weighted by atomic mass is 10.0. The van der Waals surface area contributed by atoms with Gasteiger partial charge in [0.15, 0.2) is 0 Å². The average Bonchev–Trinajstić information content (AvgIpc) is 2.06. The number of rotatable bonds is 3. The number of likely N-dealkylation sites (tertiary alicyclic amines) is 1. The number of halogens is 1. The first-order valence-electron chi connectivity index (χ1n) is 4.29. The summed E-state index contributed by atoms with van der Waals surface area (Å²) < 4.78 is 12.3. The zero-order valence-corrected chi connectivity index (χ0v) is 6.80. The highest BCUT2D eigenvalue weighted by molar-refractivity contribution is 4.74. The second-order valence-corrected chi connectivity index (χ2v) is 3.09. The molecule has 0 bridgehead atoms. The van der Waals surface area contributed by atoms with Crippen LogP contribution < -0.4 is 0 Å². The number of aliphatic hydroxyl groups is 1. The fourth-order valence-corrected chi connectivity index (χ4v) is 1.69. The number of alkyl halides is 1. The molecule has 0 radical (unpaired) electrons. The van der Waals surface area contributed by atoms with Gasteiger partial charge in [-0.2, -0.15) is 0 Å². The molecular weight excluding hydrogens is 145 g/mol. The minimum Gasteiger partial charge on any atom is -0.396 e. The summed E-state index contributed by atoms with van der Waals surface area (Å²) in [6, 6.07) is 0.291. The molecule has 0 spiro atoms. The molecule has 1 fully saturated rings. The van der Waals surface area contributed by atoms with Gasteiger partial charge in [0.25, 0.3) is 0 Å². The third-order valence-electron chi connectivity index (χ3n) is 2.36. The van der Waals surface area contributed by atoms with Gasteiger partial charge in [0.1, 0.15) is 6.80 Å². The molecule has 0 aliphatic carbocycles. The fourth-order valence-electron chi connectivity index (χ4n) is 1.69. The van der Waals surface area contributed by atoms with E-state index >= 15 is 0 Å². The van der Waals surface area contributed by atoms with Crippen LogP contribution in [0.1, 0.15) is 25.7 Å². The van der Waals surface area contributed by atoms with E-state index < -0.39 is 0 Å². The Bertz CT molecular complexity index is 108. The van der Waals surface area contributed by atoms with Crippen molar-refractivity contribution in [3.63, 3.8) is 0 Å². The molecule has 1 saturated heterocycles. The monoisotopic (exact) mass is 161 g/mol. The van der Waals surface area contributed by atoms with E-state index in [-0.39, 0.29) is 13.4 Å². The first kappa shape index (κ1) is 8.94. The Morgan fingerprint density at radius 1 is 1.45 bits per heavy atom. The van der Waals surface area contributed by atoms with Gasteiger partial charge in [-0.15, -0.1) is 0 Å². The molecular formula is C8H16FNO. The molecule has 1 N–H and O–H groups in total. The largest absolute Gasteiger partial charge is 0.396 e. The van der Waals surface area contributed by atoms with Gasteiger partial charge in [0, 0.05) is 19.2 Å². The lowest BCUT2D eigenvalue weighted by Gasteiger charge is -2.32. The third-order valence-corrected chi connectivity index (χ3v) is 2.36. The summed E-state index contributed by atoms with van der Waals surface area (Å²) in [5.74, 6) is 0. The van der Waals surface area contributed by atoms with Gasteiger partial charge >= 0.3 is 0 Å². The molecule has 1 aliphatic heterocycles. The summed E-state index contributed by atoms with van der Waals surface area (Å²) >= 11 is 0. The molecule has 66 valence electrons. The smallest absolute Gasteiger partial charge is 0.143 e. The normalized spacial score (nSPS) is 27.3. The van der Waals surface area contributed by atoms with Crippen LogP contribution in [-0.2, 0) is 0 Å².